The van der Waals surface area contributed by atoms with Gasteiger partial charge >= 0.3 is 0 Å². The van der Waals surface area contributed by atoms with E-state index in [-0.39, 0.29) is 17.9 Å². The van der Waals surface area contributed by atoms with Gasteiger partial charge in [0.25, 0.3) is 0 Å². The summed E-state index contributed by atoms with van der Waals surface area (Å²) < 4.78 is 16.1. The highest BCUT2D eigenvalue weighted by molar-refractivity contribution is 7.80. The Morgan fingerprint density at radius 3 is 2.24 bits per heavy atom. The Hall–Kier alpha value is -3.71. The van der Waals surface area contributed by atoms with Crippen LogP contribution >= 0.6 is 12.2 Å². The lowest BCUT2D eigenvalue weighted by Gasteiger charge is -2.28. The Labute approximate surface area is 223 Å². The summed E-state index contributed by atoms with van der Waals surface area (Å²) >= 11 is 5.83. The van der Waals surface area contributed by atoms with Gasteiger partial charge in [0.1, 0.15) is 5.82 Å². The van der Waals surface area contributed by atoms with Crippen LogP contribution in [-0.4, -0.2) is 27.8 Å². The third kappa shape index (κ3) is 4.60. The van der Waals surface area contributed by atoms with E-state index in [1.54, 1.807) is 18.3 Å². The molecule has 0 unspecified atom stereocenters. The Balaban J connectivity index is 1.61. The molecule has 0 radical (unpaired) electrons. The first kappa shape index (κ1) is 25.0. The third-order valence-corrected chi connectivity index (χ3v) is 7.54. The van der Waals surface area contributed by atoms with Gasteiger partial charge in [-0.2, -0.15) is 0 Å². The molecule has 1 saturated heterocycles. The number of hydrogen-bond donors (Lipinski definition) is 1. The molecule has 0 saturated carbocycles. The normalized spacial score (nSPS) is 17.2. The second-order valence-corrected chi connectivity index (χ2v) is 9.71. The van der Waals surface area contributed by atoms with Crippen molar-refractivity contribution in [2.45, 2.75) is 39.8 Å². The van der Waals surface area contributed by atoms with Gasteiger partial charge in [0.05, 0.1) is 17.8 Å². The zero-order valence-corrected chi connectivity index (χ0v) is 22.5. The van der Waals surface area contributed by atoms with Crippen molar-refractivity contribution in [1.82, 2.24) is 14.9 Å². The fraction of sp³-hybridized carbons (Fsp3) is 0.267. The first-order chi connectivity index (χ1) is 17.9. The van der Waals surface area contributed by atoms with E-state index in [1.807, 2.05) is 18.2 Å². The molecule has 5 rings (SSSR count). The molecule has 7 heteroatoms. The Bertz CT molecular complexity index is 1380. The number of halogens is 1. The van der Waals surface area contributed by atoms with E-state index in [2.05, 4.69) is 82.7 Å². The number of rotatable bonds is 7. The van der Waals surface area contributed by atoms with Gasteiger partial charge in [-0.1, -0.05) is 6.07 Å². The third-order valence-electron chi connectivity index (χ3n) is 7.23. The first-order valence-electron chi connectivity index (χ1n) is 12.7. The molecule has 37 heavy (non-hydrogen) atoms. The molecule has 0 aliphatic carbocycles. The Morgan fingerprint density at radius 1 is 0.946 bits per heavy atom. The lowest BCUT2D eigenvalue weighted by atomic mass is 9.96. The fourth-order valence-corrected chi connectivity index (χ4v) is 5.78. The van der Waals surface area contributed by atoms with Crippen molar-refractivity contribution in [2.24, 2.45) is 0 Å². The Morgan fingerprint density at radius 2 is 1.62 bits per heavy atom. The van der Waals surface area contributed by atoms with Crippen LogP contribution in [0.25, 0.3) is 5.69 Å². The Kier molecular flexibility index (Phi) is 6.98. The van der Waals surface area contributed by atoms with Crippen LogP contribution in [0, 0.1) is 19.7 Å². The average molecular weight is 514 g/mol. The van der Waals surface area contributed by atoms with E-state index >= 15 is 0 Å². The molecule has 190 valence electrons. The monoisotopic (exact) mass is 513 g/mol. The lowest BCUT2D eigenvalue weighted by molar-refractivity contribution is 0.565. The van der Waals surface area contributed by atoms with Gasteiger partial charge in [-0.25, -0.2) is 4.39 Å². The highest BCUT2D eigenvalue weighted by atomic mass is 32.1. The van der Waals surface area contributed by atoms with Crippen molar-refractivity contribution in [3.8, 4) is 5.69 Å². The first-order valence-corrected chi connectivity index (χ1v) is 13.1. The SMILES string of the molecule is CCN(CC)c1ccc(-n2c(C)cc([C@@H]3[C@@H](c4ccccn4)NC(=S)N3c3ccc(F)cc3)c2C)cc1. The van der Waals surface area contributed by atoms with Crippen LogP contribution in [0.5, 0.6) is 0 Å². The summed E-state index contributed by atoms with van der Waals surface area (Å²) in [5.41, 5.74) is 7.52. The van der Waals surface area contributed by atoms with Crippen molar-refractivity contribution >= 4 is 28.7 Å². The number of aryl methyl sites for hydroxylation is 1. The molecule has 2 aromatic heterocycles. The van der Waals surface area contributed by atoms with E-state index < -0.39 is 0 Å². The topological polar surface area (TPSA) is 36.3 Å². The number of hydrogen-bond acceptors (Lipinski definition) is 3. The second kappa shape index (κ2) is 10.3. The molecule has 0 amide bonds. The molecule has 3 heterocycles. The average Bonchev–Trinajstić information content (AvgIpc) is 3.41. The molecule has 1 aliphatic rings. The quantitative estimate of drug-likeness (QED) is 0.280. The highest BCUT2D eigenvalue weighted by Crippen LogP contribution is 2.43. The molecule has 0 spiro atoms. The minimum atomic E-state index is -0.272. The summed E-state index contributed by atoms with van der Waals surface area (Å²) in [6, 6.07) is 23.1. The van der Waals surface area contributed by atoms with Crippen LogP contribution in [0.2, 0.25) is 0 Å². The summed E-state index contributed by atoms with van der Waals surface area (Å²) in [7, 11) is 0. The summed E-state index contributed by atoms with van der Waals surface area (Å²) in [6.45, 7) is 10.6. The zero-order chi connectivity index (χ0) is 26.1. The molecule has 1 aliphatic heterocycles. The molecular formula is C30H32FN5S. The molecule has 5 nitrogen and oxygen atoms in total. The molecule has 4 aromatic rings. The minimum Gasteiger partial charge on any atom is -0.372 e. The smallest absolute Gasteiger partial charge is 0.174 e. The van der Waals surface area contributed by atoms with E-state index in [9.17, 15) is 4.39 Å². The van der Waals surface area contributed by atoms with Crippen LogP contribution in [-0.2, 0) is 0 Å². The number of nitrogens with one attached hydrogen (secondary N) is 1. The summed E-state index contributed by atoms with van der Waals surface area (Å²) in [5.74, 6) is -0.272. The molecule has 2 atom stereocenters. The standard InChI is InChI=1S/C30H32FN5S/c1-5-34(6-2)23-14-16-24(17-15-23)35-20(3)19-26(21(35)4)29-28(27-9-7-8-18-32-27)33-30(37)36(29)25-12-10-22(31)11-13-25/h7-19,28-29H,5-6H2,1-4H3,(H,33,37)/t28-,29-/m1/s1. The van der Waals surface area contributed by atoms with Crippen molar-refractivity contribution in [3.05, 3.63) is 107 Å². The number of benzene rings is 2. The van der Waals surface area contributed by atoms with Crippen LogP contribution in [0.15, 0.2) is 79.0 Å². The predicted molar refractivity (Wildman–Crippen MR) is 153 cm³/mol. The van der Waals surface area contributed by atoms with Gasteiger partial charge in [-0.05, 0) is 112 Å². The summed E-state index contributed by atoms with van der Waals surface area (Å²) in [4.78, 5) is 9.08. The number of aromatic nitrogens is 2. The van der Waals surface area contributed by atoms with Crippen LogP contribution in [0.4, 0.5) is 15.8 Å². The van der Waals surface area contributed by atoms with Crippen molar-refractivity contribution in [1.29, 1.82) is 0 Å². The molecule has 0 bridgehead atoms. The number of anilines is 2. The maximum atomic E-state index is 13.8. The molecular weight excluding hydrogens is 481 g/mol. The van der Waals surface area contributed by atoms with E-state index in [4.69, 9.17) is 12.2 Å². The van der Waals surface area contributed by atoms with Gasteiger partial charge in [-0.3, -0.25) is 4.98 Å². The molecule has 1 fully saturated rings. The van der Waals surface area contributed by atoms with Crippen LogP contribution in [0.1, 0.15) is 48.6 Å². The van der Waals surface area contributed by atoms with Crippen LogP contribution < -0.4 is 15.1 Å². The summed E-state index contributed by atoms with van der Waals surface area (Å²) in [5, 5.41) is 4.09. The summed E-state index contributed by atoms with van der Waals surface area (Å²) in [6.07, 6.45) is 1.80. The number of nitrogens with zero attached hydrogens (tertiary/aromatic N) is 4. The molecule has 1 N–H and O–H groups in total. The number of pyridine rings is 1. The van der Waals surface area contributed by atoms with Crippen molar-refractivity contribution in [3.63, 3.8) is 0 Å². The van der Waals surface area contributed by atoms with Crippen LogP contribution in [0.3, 0.4) is 0 Å². The van der Waals surface area contributed by atoms with Gasteiger partial charge in [0.2, 0.25) is 0 Å². The predicted octanol–water partition coefficient (Wildman–Crippen LogP) is 6.65. The van der Waals surface area contributed by atoms with E-state index in [0.717, 1.165) is 47.1 Å². The van der Waals surface area contributed by atoms with E-state index in [1.165, 1.54) is 17.8 Å². The lowest BCUT2D eigenvalue weighted by Crippen LogP contribution is -2.29. The fourth-order valence-electron chi connectivity index (χ4n) is 5.44. The van der Waals surface area contributed by atoms with E-state index in [0.29, 0.717) is 5.11 Å². The second-order valence-electron chi connectivity index (χ2n) is 9.32. The largest absolute Gasteiger partial charge is 0.372 e. The van der Waals surface area contributed by atoms with Crippen molar-refractivity contribution in [2.75, 3.05) is 22.9 Å². The minimum absolute atomic E-state index is 0.150. The van der Waals surface area contributed by atoms with Gasteiger partial charge in [0.15, 0.2) is 5.11 Å². The number of thiocarbonyl (C=S) groups is 1. The maximum absolute atomic E-state index is 13.8. The molecule has 2 aromatic carbocycles. The van der Waals surface area contributed by atoms with Gasteiger partial charge < -0.3 is 19.7 Å². The van der Waals surface area contributed by atoms with Gasteiger partial charge in [0, 0.05) is 47.7 Å². The highest BCUT2D eigenvalue weighted by Gasteiger charge is 2.42. The van der Waals surface area contributed by atoms with Crippen molar-refractivity contribution < 1.29 is 4.39 Å². The maximum Gasteiger partial charge on any atom is 0.174 e. The zero-order valence-electron chi connectivity index (χ0n) is 21.6. The van der Waals surface area contributed by atoms with Gasteiger partial charge in [-0.15, -0.1) is 0 Å².